The monoisotopic (exact) mass is 712 g/mol. The second kappa shape index (κ2) is 15.3. The SMILES string of the molecule is c1ccc(C(OP2OCC3(CO2)COP(OC(c2ccccc2)(c2ccccc2)c2ccccc2)OC3)(c2ccccc2)c2ccccc2)cc1. The molecular weight excluding hydrogens is 674 g/mol. The standard InChI is InChI=1S/C43H38O6P2/c1-7-19-35(20-8-1)42(36-21-9-2-10-22-36,37-23-11-3-12-24-37)48-50-44-31-41(32-45-50)33-46-51(47-34-41)49-43(38-25-13-4-14-26-38,39-27-15-5-16-28-39)40-29-17-6-18-30-40/h1-30H,31-34H2. The van der Waals surface area contributed by atoms with E-state index in [4.69, 9.17) is 27.1 Å². The minimum Gasteiger partial charge on any atom is -0.311 e. The van der Waals surface area contributed by atoms with Crippen molar-refractivity contribution in [2.75, 3.05) is 26.4 Å². The van der Waals surface area contributed by atoms with Gasteiger partial charge in [0.1, 0.15) is 0 Å². The van der Waals surface area contributed by atoms with Crippen molar-refractivity contribution in [2.45, 2.75) is 11.2 Å². The largest absolute Gasteiger partial charge is 0.334 e. The van der Waals surface area contributed by atoms with E-state index in [1.165, 1.54) is 0 Å². The maximum atomic E-state index is 7.02. The third-order valence-corrected chi connectivity index (χ3v) is 11.6. The van der Waals surface area contributed by atoms with E-state index >= 15 is 0 Å². The first-order valence-electron chi connectivity index (χ1n) is 17.0. The smallest absolute Gasteiger partial charge is 0.311 e. The summed E-state index contributed by atoms with van der Waals surface area (Å²) in [5, 5.41) is 0. The third-order valence-electron chi connectivity index (χ3n) is 9.41. The summed E-state index contributed by atoms with van der Waals surface area (Å²) in [5.41, 5.74) is 3.53. The Morgan fingerprint density at radius 2 is 0.529 bits per heavy atom. The summed E-state index contributed by atoms with van der Waals surface area (Å²) in [6.45, 7) is 1.43. The molecule has 0 N–H and O–H groups in total. The number of hydrogen-bond donors (Lipinski definition) is 0. The van der Waals surface area contributed by atoms with Gasteiger partial charge in [-0.15, -0.1) is 0 Å². The van der Waals surface area contributed by atoms with Crippen molar-refractivity contribution in [3.63, 3.8) is 0 Å². The van der Waals surface area contributed by atoms with Gasteiger partial charge in [0.05, 0.1) is 31.8 Å². The van der Waals surface area contributed by atoms with Gasteiger partial charge in [-0.3, -0.25) is 9.05 Å². The molecule has 2 fully saturated rings. The Balaban J connectivity index is 1.02. The quantitative estimate of drug-likeness (QED) is 0.104. The van der Waals surface area contributed by atoms with Crippen molar-refractivity contribution < 1.29 is 27.1 Å². The maximum Gasteiger partial charge on any atom is 0.334 e. The van der Waals surface area contributed by atoms with E-state index in [0.717, 1.165) is 33.4 Å². The number of benzene rings is 6. The van der Waals surface area contributed by atoms with Crippen molar-refractivity contribution in [3.8, 4) is 0 Å². The van der Waals surface area contributed by atoms with Crippen LogP contribution in [0, 0.1) is 5.41 Å². The Labute approximate surface area is 301 Å². The van der Waals surface area contributed by atoms with Gasteiger partial charge in [-0.25, -0.2) is 0 Å². The molecule has 0 unspecified atom stereocenters. The van der Waals surface area contributed by atoms with E-state index in [-0.39, 0.29) is 0 Å². The molecule has 2 saturated heterocycles. The summed E-state index contributed by atoms with van der Waals surface area (Å²) in [6.07, 6.45) is 0. The highest BCUT2D eigenvalue weighted by molar-refractivity contribution is 7.42. The third kappa shape index (κ3) is 6.83. The van der Waals surface area contributed by atoms with Gasteiger partial charge < -0.3 is 18.1 Å². The summed E-state index contributed by atoms with van der Waals surface area (Å²) >= 11 is 0. The van der Waals surface area contributed by atoms with Gasteiger partial charge >= 0.3 is 17.2 Å². The molecule has 0 saturated carbocycles. The lowest BCUT2D eigenvalue weighted by molar-refractivity contribution is -0.0865. The van der Waals surface area contributed by atoms with E-state index in [2.05, 4.69) is 72.8 Å². The van der Waals surface area contributed by atoms with Crippen LogP contribution in [0.3, 0.4) is 0 Å². The fraction of sp³-hybridized carbons (Fsp3) is 0.163. The van der Waals surface area contributed by atoms with Crippen molar-refractivity contribution in [1.29, 1.82) is 0 Å². The van der Waals surface area contributed by atoms with Gasteiger partial charge in [0, 0.05) is 0 Å². The normalized spacial score (nSPS) is 20.9. The fourth-order valence-corrected chi connectivity index (χ4v) is 9.72. The lowest BCUT2D eigenvalue weighted by Crippen LogP contribution is -2.46. The van der Waals surface area contributed by atoms with Crippen LogP contribution in [0.4, 0.5) is 0 Å². The molecule has 256 valence electrons. The Bertz CT molecular complexity index is 1610. The van der Waals surface area contributed by atoms with Crippen LogP contribution in [-0.2, 0) is 38.3 Å². The van der Waals surface area contributed by atoms with Gasteiger partial charge in [-0.2, -0.15) is 0 Å². The van der Waals surface area contributed by atoms with Crippen molar-refractivity contribution >= 4 is 17.2 Å². The number of hydrogen-bond acceptors (Lipinski definition) is 6. The first-order chi connectivity index (χ1) is 25.2. The van der Waals surface area contributed by atoms with E-state index in [1.54, 1.807) is 0 Å². The van der Waals surface area contributed by atoms with Crippen molar-refractivity contribution in [1.82, 2.24) is 0 Å². The molecule has 0 radical (unpaired) electrons. The average molecular weight is 713 g/mol. The summed E-state index contributed by atoms with van der Waals surface area (Å²) < 4.78 is 39.9. The molecule has 6 aromatic rings. The van der Waals surface area contributed by atoms with Crippen LogP contribution in [0.25, 0.3) is 0 Å². The summed E-state index contributed by atoms with van der Waals surface area (Å²) in [4.78, 5) is 0. The molecule has 51 heavy (non-hydrogen) atoms. The summed E-state index contributed by atoms with van der Waals surface area (Å²) in [7, 11) is -3.49. The molecule has 0 amide bonds. The zero-order valence-corrected chi connectivity index (χ0v) is 29.8. The second-order valence-electron chi connectivity index (χ2n) is 12.8. The Hall–Kier alpha value is -4.06. The highest BCUT2D eigenvalue weighted by Gasteiger charge is 2.50. The molecule has 8 rings (SSSR count). The molecular formula is C43H38O6P2. The molecule has 2 heterocycles. The van der Waals surface area contributed by atoms with Gasteiger partial charge in [-0.1, -0.05) is 182 Å². The van der Waals surface area contributed by atoms with Crippen LogP contribution in [0.2, 0.25) is 0 Å². The lowest BCUT2D eigenvalue weighted by atomic mass is 9.80. The summed E-state index contributed by atoms with van der Waals surface area (Å²) in [6, 6.07) is 61.5. The molecule has 2 aliphatic rings. The predicted molar refractivity (Wildman–Crippen MR) is 201 cm³/mol. The minimum absolute atomic E-state index is 0.359. The van der Waals surface area contributed by atoms with E-state index in [1.807, 2.05) is 109 Å². The molecule has 0 aliphatic carbocycles. The van der Waals surface area contributed by atoms with Gasteiger partial charge in [0.2, 0.25) is 0 Å². The van der Waals surface area contributed by atoms with Crippen LogP contribution in [-0.4, -0.2) is 26.4 Å². The van der Waals surface area contributed by atoms with E-state index < -0.39 is 33.8 Å². The zero-order valence-electron chi connectivity index (χ0n) is 28.0. The van der Waals surface area contributed by atoms with E-state index in [0.29, 0.717) is 26.4 Å². The molecule has 8 heteroatoms. The topological polar surface area (TPSA) is 55.4 Å². The molecule has 0 atom stereocenters. The van der Waals surface area contributed by atoms with Crippen LogP contribution in [0.5, 0.6) is 0 Å². The number of rotatable bonds is 10. The van der Waals surface area contributed by atoms with Crippen LogP contribution >= 0.6 is 17.2 Å². The zero-order chi connectivity index (χ0) is 34.4. The maximum absolute atomic E-state index is 7.02. The Kier molecular flexibility index (Phi) is 10.2. The molecule has 0 aromatic heterocycles. The van der Waals surface area contributed by atoms with Crippen molar-refractivity contribution in [3.05, 3.63) is 215 Å². The Morgan fingerprint density at radius 3 is 0.725 bits per heavy atom. The minimum atomic E-state index is -1.74. The lowest BCUT2D eigenvalue weighted by Gasteiger charge is -2.45. The summed E-state index contributed by atoms with van der Waals surface area (Å²) in [5.74, 6) is 0. The molecule has 6 nitrogen and oxygen atoms in total. The van der Waals surface area contributed by atoms with Gasteiger partial charge in [-0.05, 0) is 33.4 Å². The van der Waals surface area contributed by atoms with Crippen LogP contribution in [0.15, 0.2) is 182 Å². The molecule has 1 spiro atoms. The van der Waals surface area contributed by atoms with Crippen LogP contribution in [0.1, 0.15) is 33.4 Å². The highest BCUT2D eigenvalue weighted by Crippen LogP contribution is 2.60. The van der Waals surface area contributed by atoms with Crippen molar-refractivity contribution in [2.24, 2.45) is 5.41 Å². The average Bonchev–Trinajstić information content (AvgIpc) is 3.22. The predicted octanol–water partition coefficient (Wildman–Crippen LogP) is 10.5. The molecule has 2 aliphatic heterocycles. The van der Waals surface area contributed by atoms with Crippen LogP contribution < -0.4 is 0 Å². The molecule has 6 aromatic carbocycles. The first kappa shape index (κ1) is 34.0. The fourth-order valence-electron chi connectivity index (χ4n) is 6.77. The van der Waals surface area contributed by atoms with E-state index in [9.17, 15) is 0 Å². The van der Waals surface area contributed by atoms with Gasteiger partial charge in [0.25, 0.3) is 0 Å². The van der Waals surface area contributed by atoms with Gasteiger partial charge in [0.15, 0.2) is 11.2 Å². The first-order valence-corrected chi connectivity index (χ1v) is 19.2. The second-order valence-corrected chi connectivity index (χ2v) is 15.1. The highest BCUT2D eigenvalue weighted by atomic mass is 31.2. The molecule has 0 bridgehead atoms. The Morgan fingerprint density at radius 1 is 0.333 bits per heavy atom.